The smallest absolute Gasteiger partial charge is 0.322 e. The summed E-state index contributed by atoms with van der Waals surface area (Å²) in [6.45, 7) is 3.26. The van der Waals surface area contributed by atoms with Crippen molar-refractivity contribution in [2.45, 2.75) is 12.7 Å². The molecule has 0 aliphatic carbocycles. The number of piperazine rings is 1. The van der Waals surface area contributed by atoms with Crippen LogP contribution >= 0.6 is 0 Å². The largest absolute Gasteiger partial charge is 0.416 e. The summed E-state index contributed by atoms with van der Waals surface area (Å²) in [5.41, 5.74) is 1.73. The second-order valence-corrected chi connectivity index (χ2v) is 9.18. The summed E-state index contributed by atoms with van der Waals surface area (Å²) in [6, 6.07) is 10.6. The molecule has 1 amide bonds. The molecule has 5 rings (SSSR count). The number of alkyl halides is 3. The Morgan fingerprint density at radius 3 is 2.66 bits per heavy atom. The summed E-state index contributed by atoms with van der Waals surface area (Å²) >= 11 is 0. The van der Waals surface area contributed by atoms with Crippen LogP contribution in [0.15, 0.2) is 67.3 Å². The van der Waals surface area contributed by atoms with E-state index in [1.54, 1.807) is 53.5 Å². The van der Waals surface area contributed by atoms with Gasteiger partial charge in [0.1, 0.15) is 5.69 Å². The van der Waals surface area contributed by atoms with E-state index in [9.17, 15) is 18.0 Å². The van der Waals surface area contributed by atoms with Crippen molar-refractivity contribution in [3.63, 3.8) is 0 Å². The summed E-state index contributed by atoms with van der Waals surface area (Å²) in [4.78, 5) is 25.3. The number of rotatable bonds is 4. The highest BCUT2D eigenvalue weighted by atomic mass is 19.4. The van der Waals surface area contributed by atoms with Crippen molar-refractivity contribution in [2.24, 2.45) is 0 Å². The zero-order valence-electron chi connectivity index (χ0n) is 20.7. The number of imidazole rings is 1. The van der Waals surface area contributed by atoms with Gasteiger partial charge in [-0.3, -0.25) is 19.1 Å². The molecule has 194 valence electrons. The molecule has 38 heavy (non-hydrogen) atoms. The molecule has 7 nitrogen and oxygen atoms in total. The fourth-order valence-corrected chi connectivity index (χ4v) is 4.32. The second kappa shape index (κ2) is 10.7. The molecule has 1 N–H and O–H groups in total. The SMILES string of the molecule is CN1CCN(Cc2ccc(NC(=O)c3cccc(C#Cc4cnc5cnccn45)c3)cc2C(F)(F)F)CC1. The Kier molecular flexibility index (Phi) is 7.13. The molecule has 0 radical (unpaired) electrons. The van der Waals surface area contributed by atoms with Gasteiger partial charge >= 0.3 is 6.18 Å². The van der Waals surface area contributed by atoms with Gasteiger partial charge in [0.15, 0.2) is 5.65 Å². The summed E-state index contributed by atoms with van der Waals surface area (Å²) in [6.07, 6.45) is 2.10. The van der Waals surface area contributed by atoms with Gasteiger partial charge in [-0.2, -0.15) is 13.2 Å². The zero-order valence-corrected chi connectivity index (χ0v) is 20.7. The first-order valence-electron chi connectivity index (χ1n) is 12.1. The molecule has 4 aromatic rings. The van der Waals surface area contributed by atoms with Crippen molar-refractivity contribution in [1.29, 1.82) is 0 Å². The van der Waals surface area contributed by atoms with E-state index in [0.29, 0.717) is 30.0 Å². The van der Waals surface area contributed by atoms with Crippen molar-refractivity contribution in [3.8, 4) is 11.8 Å². The van der Waals surface area contributed by atoms with Crippen LogP contribution in [0.5, 0.6) is 0 Å². The number of hydrogen-bond acceptors (Lipinski definition) is 5. The lowest BCUT2D eigenvalue weighted by atomic mass is 10.0. The molecule has 0 bridgehead atoms. The molecule has 1 fully saturated rings. The van der Waals surface area contributed by atoms with Gasteiger partial charge in [0, 0.05) is 61.9 Å². The highest BCUT2D eigenvalue weighted by Gasteiger charge is 2.34. The van der Waals surface area contributed by atoms with E-state index in [0.717, 1.165) is 19.2 Å². The van der Waals surface area contributed by atoms with Crippen LogP contribution < -0.4 is 5.32 Å². The van der Waals surface area contributed by atoms with Crippen LogP contribution in [0.4, 0.5) is 18.9 Å². The standard InChI is InChI=1S/C28H25F3N6O/c1-35-11-13-36(14-12-35)19-22-6-7-23(16-25(22)28(29,30)31)34-27(38)21-4-2-3-20(15-21)5-8-24-17-33-26-18-32-9-10-37(24)26/h2-4,6-7,9-10,15-18H,11-14,19H2,1H3,(H,34,38). The fourth-order valence-electron chi connectivity index (χ4n) is 4.32. The third-order valence-corrected chi connectivity index (χ3v) is 6.44. The number of nitrogens with one attached hydrogen (secondary N) is 1. The van der Waals surface area contributed by atoms with Crippen molar-refractivity contribution >= 4 is 17.2 Å². The highest BCUT2D eigenvalue weighted by Crippen LogP contribution is 2.34. The molecule has 1 saturated heterocycles. The summed E-state index contributed by atoms with van der Waals surface area (Å²) in [5.74, 6) is 5.51. The monoisotopic (exact) mass is 518 g/mol. The predicted octanol–water partition coefficient (Wildman–Crippen LogP) is 4.15. The fraction of sp³-hybridized carbons (Fsp3) is 0.250. The highest BCUT2D eigenvalue weighted by molar-refractivity contribution is 6.04. The van der Waals surface area contributed by atoms with Crippen LogP contribution in [-0.2, 0) is 12.7 Å². The van der Waals surface area contributed by atoms with Crippen LogP contribution in [0.3, 0.4) is 0 Å². The quantitative estimate of drug-likeness (QED) is 0.412. The molecule has 1 aliphatic rings. The number of aromatic nitrogens is 3. The van der Waals surface area contributed by atoms with E-state index in [4.69, 9.17) is 0 Å². The average Bonchev–Trinajstić information content (AvgIpc) is 3.32. The molecular weight excluding hydrogens is 493 g/mol. The van der Waals surface area contributed by atoms with Crippen LogP contribution in [0, 0.1) is 11.8 Å². The van der Waals surface area contributed by atoms with Crippen LogP contribution in [0.25, 0.3) is 5.65 Å². The molecule has 0 atom stereocenters. The molecule has 0 spiro atoms. The number of nitrogens with zero attached hydrogens (tertiary/aromatic N) is 5. The number of benzene rings is 2. The summed E-state index contributed by atoms with van der Waals surface area (Å²) in [5, 5.41) is 2.60. The van der Waals surface area contributed by atoms with Crippen LogP contribution in [0.2, 0.25) is 0 Å². The minimum absolute atomic E-state index is 0.0836. The Hall–Kier alpha value is -4.20. The lowest BCUT2D eigenvalue weighted by Crippen LogP contribution is -2.44. The summed E-state index contributed by atoms with van der Waals surface area (Å²) in [7, 11) is 2.00. The Balaban J connectivity index is 1.32. The summed E-state index contributed by atoms with van der Waals surface area (Å²) < 4.78 is 43.5. The van der Waals surface area contributed by atoms with Crippen molar-refractivity contribution < 1.29 is 18.0 Å². The van der Waals surface area contributed by atoms with Gasteiger partial charge in [0.2, 0.25) is 0 Å². The van der Waals surface area contributed by atoms with Crippen LogP contribution in [-0.4, -0.2) is 63.3 Å². The molecule has 0 unspecified atom stereocenters. The maximum Gasteiger partial charge on any atom is 0.416 e. The van der Waals surface area contributed by atoms with E-state index < -0.39 is 17.6 Å². The maximum absolute atomic E-state index is 13.9. The van der Waals surface area contributed by atoms with Crippen molar-refractivity contribution in [2.75, 3.05) is 38.5 Å². The van der Waals surface area contributed by atoms with E-state index in [1.807, 2.05) is 11.9 Å². The van der Waals surface area contributed by atoms with E-state index >= 15 is 0 Å². The number of anilines is 1. The normalized spacial score (nSPS) is 14.7. The van der Waals surface area contributed by atoms with Gasteiger partial charge in [-0.25, -0.2) is 4.98 Å². The third kappa shape index (κ3) is 5.85. The Morgan fingerprint density at radius 1 is 1.05 bits per heavy atom. The Labute approximate surface area is 217 Å². The van der Waals surface area contributed by atoms with E-state index in [1.165, 1.54) is 12.1 Å². The molecule has 3 heterocycles. The Morgan fingerprint density at radius 2 is 1.87 bits per heavy atom. The molecule has 2 aromatic carbocycles. The van der Waals surface area contributed by atoms with Crippen LogP contribution in [0.1, 0.15) is 32.7 Å². The second-order valence-electron chi connectivity index (χ2n) is 9.18. The first kappa shape index (κ1) is 25.4. The molecule has 1 aliphatic heterocycles. The minimum atomic E-state index is -4.54. The first-order chi connectivity index (χ1) is 18.3. The van der Waals surface area contributed by atoms with Gasteiger partial charge < -0.3 is 10.2 Å². The number of fused-ring (bicyclic) bond motifs is 1. The first-order valence-corrected chi connectivity index (χ1v) is 12.1. The van der Waals surface area contributed by atoms with Gasteiger partial charge in [-0.15, -0.1) is 0 Å². The number of amides is 1. The number of likely N-dealkylation sites (N-methyl/N-ethyl adjacent to an activating group) is 1. The molecule has 2 aromatic heterocycles. The number of carbonyl (C=O) groups is 1. The zero-order chi connectivity index (χ0) is 26.7. The molecule has 0 saturated carbocycles. The number of hydrogen-bond donors (Lipinski definition) is 1. The van der Waals surface area contributed by atoms with Gasteiger partial charge in [0.25, 0.3) is 5.91 Å². The minimum Gasteiger partial charge on any atom is -0.322 e. The van der Waals surface area contributed by atoms with Crippen molar-refractivity contribution in [3.05, 3.63) is 95.2 Å². The Bertz CT molecular complexity index is 1530. The third-order valence-electron chi connectivity index (χ3n) is 6.44. The van der Waals surface area contributed by atoms with E-state index in [2.05, 4.69) is 32.0 Å². The lowest BCUT2D eigenvalue weighted by Gasteiger charge is -2.33. The predicted molar refractivity (Wildman–Crippen MR) is 138 cm³/mol. The molecule has 10 heteroatoms. The van der Waals surface area contributed by atoms with Gasteiger partial charge in [0.05, 0.1) is 18.0 Å². The maximum atomic E-state index is 13.9. The number of halogens is 3. The van der Waals surface area contributed by atoms with Crippen molar-refractivity contribution in [1.82, 2.24) is 24.2 Å². The van der Waals surface area contributed by atoms with Gasteiger partial charge in [-0.1, -0.05) is 18.1 Å². The number of carbonyl (C=O) groups excluding carboxylic acids is 1. The van der Waals surface area contributed by atoms with E-state index in [-0.39, 0.29) is 23.4 Å². The average molecular weight is 519 g/mol. The molecular formula is C28H25F3N6O. The lowest BCUT2D eigenvalue weighted by molar-refractivity contribution is -0.138. The van der Waals surface area contributed by atoms with Gasteiger partial charge in [-0.05, 0) is 48.9 Å². The topological polar surface area (TPSA) is 65.8 Å².